The number of phenols is 1. The Hall–Kier alpha value is -2.40. The average Bonchev–Trinajstić information content (AvgIpc) is 2.86. The van der Waals surface area contributed by atoms with Crippen molar-refractivity contribution >= 4 is 16.9 Å². The van der Waals surface area contributed by atoms with Gasteiger partial charge in [-0.05, 0) is 49.2 Å². The molecule has 1 aromatic heterocycles. The van der Waals surface area contributed by atoms with Gasteiger partial charge in [0, 0.05) is 23.9 Å². The predicted octanol–water partition coefficient (Wildman–Crippen LogP) is 4.38. The summed E-state index contributed by atoms with van der Waals surface area (Å²) >= 11 is 0. The van der Waals surface area contributed by atoms with Gasteiger partial charge in [-0.3, -0.25) is 0 Å². The summed E-state index contributed by atoms with van der Waals surface area (Å²) in [4.78, 5) is 11.9. The molecule has 0 saturated heterocycles. The number of fused-ring (bicyclic) bond motifs is 1. The lowest BCUT2D eigenvalue weighted by Gasteiger charge is -2.05. The maximum atomic E-state index is 11.9. The van der Waals surface area contributed by atoms with E-state index in [0.29, 0.717) is 12.2 Å². The van der Waals surface area contributed by atoms with Crippen LogP contribution >= 0.6 is 0 Å². The molecule has 0 spiro atoms. The summed E-state index contributed by atoms with van der Waals surface area (Å²) in [6.07, 6.45) is 17.3. The number of hydrogen-bond acceptors (Lipinski definition) is 3. The van der Waals surface area contributed by atoms with Gasteiger partial charge in [0.05, 0.1) is 12.2 Å². The first-order valence-corrected chi connectivity index (χ1v) is 13.1. The lowest BCUT2D eigenvalue weighted by molar-refractivity contribution is -0.671. The molecule has 1 N–H and O–H groups in total. The quantitative estimate of drug-likeness (QED) is 0.166. The summed E-state index contributed by atoms with van der Waals surface area (Å²) in [6, 6.07) is 19.1. The van der Waals surface area contributed by atoms with Crippen molar-refractivity contribution in [2.75, 3.05) is 6.61 Å². The van der Waals surface area contributed by atoms with E-state index in [9.17, 15) is 9.90 Å². The van der Waals surface area contributed by atoms with Crippen LogP contribution in [0, 0.1) is 0 Å². The number of halogens is 1. The molecule has 1 heterocycles. The fourth-order valence-electron chi connectivity index (χ4n) is 4.41. The minimum absolute atomic E-state index is 0. The molecule has 3 aromatic rings. The van der Waals surface area contributed by atoms with E-state index in [0.717, 1.165) is 19.4 Å². The third-order valence-corrected chi connectivity index (χ3v) is 6.42. The van der Waals surface area contributed by atoms with Gasteiger partial charge in [0.25, 0.3) is 0 Å². The smallest absolute Gasteiger partial charge is 0.338 e. The van der Waals surface area contributed by atoms with Crippen LogP contribution in [0.5, 0.6) is 5.75 Å². The van der Waals surface area contributed by atoms with Gasteiger partial charge in [-0.1, -0.05) is 69.9 Å². The van der Waals surface area contributed by atoms with Crippen LogP contribution < -0.4 is 21.5 Å². The number of benzene rings is 2. The predicted molar refractivity (Wildman–Crippen MR) is 138 cm³/mol. The van der Waals surface area contributed by atoms with Gasteiger partial charge >= 0.3 is 5.97 Å². The molecule has 190 valence electrons. The van der Waals surface area contributed by atoms with E-state index in [1.165, 1.54) is 87.2 Å². The topological polar surface area (TPSA) is 50.4 Å². The van der Waals surface area contributed by atoms with E-state index in [2.05, 4.69) is 47.2 Å². The molecular weight excluding hydrogens is 502 g/mol. The zero-order valence-electron chi connectivity index (χ0n) is 20.8. The summed E-state index contributed by atoms with van der Waals surface area (Å²) in [6.45, 7) is 1.58. The molecule has 4 nitrogen and oxygen atoms in total. The fraction of sp³-hybridized carbons (Fsp3) is 0.467. The van der Waals surface area contributed by atoms with Gasteiger partial charge in [-0.25, -0.2) is 4.79 Å². The standard InChI is InChI=1S/C30H39NO3.BrH/c32-28-21-19-27(20-22-28)30(33)34-25-14-10-8-6-4-2-1-3-5-7-9-13-23-31-24-15-17-26-16-11-12-18-29(26)31;/h11-12,15-22,24H,1-10,13-14,23,25H2;1H. The first-order valence-electron chi connectivity index (χ1n) is 13.1. The van der Waals surface area contributed by atoms with Crippen LogP contribution in [0.2, 0.25) is 0 Å². The third kappa shape index (κ3) is 10.8. The van der Waals surface area contributed by atoms with Crippen molar-refractivity contribution in [1.82, 2.24) is 0 Å². The highest BCUT2D eigenvalue weighted by Crippen LogP contribution is 2.14. The molecule has 2 aromatic carbocycles. The molecule has 5 heteroatoms. The minimum atomic E-state index is -0.313. The van der Waals surface area contributed by atoms with Crippen molar-refractivity contribution in [3.63, 3.8) is 0 Å². The Morgan fingerprint density at radius 2 is 1.23 bits per heavy atom. The number of phenolic OH excluding ortho intramolecular Hbond substituents is 1. The summed E-state index contributed by atoms with van der Waals surface area (Å²) in [5, 5.41) is 10.6. The summed E-state index contributed by atoms with van der Waals surface area (Å²) in [5.41, 5.74) is 1.82. The molecule has 3 rings (SSSR count). The number of carbonyl (C=O) groups is 1. The number of hydrogen-bond donors (Lipinski definition) is 1. The Balaban J connectivity index is 0.00000432. The number of nitrogens with zero attached hydrogens (tertiary/aromatic N) is 1. The second kappa shape index (κ2) is 17.1. The summed E-state index contributed by atoms with van der Waals surface area (Å²) < 4.78 is 7.67. The monoisotopic (exact) mass is 541 g/mol. The zero-order chi connectivity index (χ0) is 23.8. The van der Waals surface area contributed by atoms with Crippen molar-refractivity contribution in [2.24, 2.45) is 0 Å². The fourth-order valence-corrected chi connectivity index (χ4v) is 4.41. The first kappa shape index (κ1) is 28.8. The van der Waals surface area contributed by atoms with Crippen molar-refractivity contribution in [2.45, 2.75) is 83.6 Å². The Morgan fingerprint density at radius 3 is 1.89 bits per heavy atom. The number of unbranched alkanes of at least 4 members (excludes halogenated alkanes) is 11. The number of aryl methyl sites for hydroxylation is 1. The van der Waals surface area contributed by atoms with Crippen LogP contribution in [0.15, 0.2) is 66.9 Å². The lowest BCUT2D eigenvalue weighted by atomic mass is 10.1. The van der Waals surface area contributed by atoms with Crippen LogP contribution in [-0.4, -0.2) is 17.7 Å². The molecule has 0 unspecified atom stereocenters. The van der Waals surface area contributed by atoms with Gasteiger partial charge < -0.3 is 26.8 Å². The number of carbonyl (C=O) groups excluding carboxylic acids is 1. The Bertz CT molecular complexity index is 985. The van der Waals surface area contributed by atoms with Crippen LogP contribution in [0.25, 0.3) is 10.9 Å². The van der Waals surface area contributed by atoms with Gasteiger partial charge in [0.15, 0.2) is 6.20 Å². The second-order valence-corrected chi connectivity index (χ2v) is 9.19. The summed E-state index contributed by atoms with van der Waals surface area (Å²) in [5.74, 6) is -0.157. The van der Waals surface area contributed by atoms with Gasteiger partial charge in [0.1, 0.15) is 12.3 Å². The van der Waals surface area contributed by atoms with Crippen LogP contribution in [-0.2, 0) is 11.3 Å². The summed E-state index contributed by atoms with van der Waals surface area (Å²) in [7, 11) is 0. The molecule has 0 radical (unpaired) electrons. The van der Waals surface area contributed by atoms with E-state index >= 15 is 0 Å². The van der Waals surface area contributed by atoms with Crippen molar-refractivity contribution < 1.29 is 36.2 Å². The molecule has 35 heavy (non-hydrogen) atoms. The number of aromatic nitrogens is 1. The third-order valence-electron chi connectivity index (χ3n) is 6.42. The lowest BCUT2D eigenvalue weighted by Crippen LogP contribution is -3.00. The normalized spacial score (nSPS) is 10.7. The van der Waals surface area contributed by atoms with Crippen LogP contribution in [0.1, 0.15) is 87.4 Å². The van der Waals surface area contributed by atoms with Crippen LogP contribution in [0.3, 0.4) is 0 Å². The van der Waals surface area contributed by atoms with Crippen molar-refractivity contribution in [3.05, 3.63) is 72.4 Å². The van der Waals surface area contributed by atoms with Gasteiger partial charge in [-0.2, -0.15) is 4.57 Å². The second-order valence-electron chi connectivity index (χ2n) is 9.19. The van der Waals surface area contributed by atoms with Crippen molar-refractivity contribution in [1.29, 1.82) is 0 Å². The van der Waals surface area contributed by atoms with E-state index in [4.69, 9.17) is 4.74 Å². The van der Waals surface area contributed by atoms with Gasteiger partial charge in [0.2, 0.25) is 5.52 Å². The maximum Gasteiger partial charge on any atom is 0.338 e. The maximum absolute atomic E-state index is 11.9. The number of ether oxygens (including phenoxy) is 1. The highest BCUT2D eigenvalue weighted by atomic mass is 79.9. The minimum Gasteiger partial charge on any atom is -1.00 e. The average molecular weight is 543 g/mol. The van der Waals surface area contributed by atoms with Gasteiger partial charge in [-0.15, -0.1) is 0 Å². The SMILES string of the molecule is O=C(OCCCCCCCCCCCCCC[n+]1cccc2ccccc21)c1ccc(O)cc1.[Br-]. The molecule has 0 amide bonds. The Morgan fingerprint density at radius 1 is 0.686 bits per heavy atom. The molecule has 0 aliphatic rings. The number of para-hydroxylation sites is 1. The first-order chi connectivity index (χ1) is 16.7. The molecule has 0 saturated carbocycles. The van der Waals surface area contributed by atoms with Crippen molar-refractivity contribution in [3.8, 4) is 5.75 Å². The highest BCUT2D eigenvalue weighted by molar-refractivity contribution is 5.89. The number of esters is 1. The molecular formula is C30H40BrNO3. The Kier molecular flexibility index (Phi) is 14.1. The molecule has 0 atom stereocenters. The molecule has 0 fully saturated rings. The van der Waals surface area contributed by atoms with E-state index in [1.54, 1.807) is 12.1 Å². The van der Waals surface area contributed by atoms with E-state index in [1.807, 2.05) is 0 Å². The number of rotatable bonds is 16. The number of aromatic hydroxyl groups is 1. The highest BCUT2D eigenvalue weighted by Gasteiger charge is 2.07. The van der Waals surface area contributed by atoms with E-state index < -0.39 is 0 Å². The van der Waals surface area contributed by atoms with Crippen LogP contribution in [0.4, 0.5) is 0 Å². The molecule has 0 bridgehead atoms. The Labute approximate surface area is 221 Å². The molecule has 0 aliphatic heterocycles. The van der Waals surface area contributed by atoms with E-state index in [-0.39, 0.29) is 28.7 Å². The molecule has 0 aliphatic carbocycles. The largest absolute Gasteiger partial charge is 1.00 e. The zero-order valence-corrected chi connectivity index (χ0v) is 22.4. The number of pyridine rings is 1.